The third kappa shape index (κ3) is 13.7. The normalized spacial score (nSPS) is 21.6. The third-order valence-electron chi connectivity index (χ3n) is 15.8. The van der Waals surface area contributed by atoms with Crippen molar-refractivity contribution in [3.63, 3.8) is 0 Å². The van der Waals surface area contributed by atoms with E-state index in [-0.39, 0.29) is 66.0 Å². The fraction of sp³-hybridized carbons (Fsp3) is 0.533. The highest BCUT2D eigenvalue weighted by atomic mass is 16.2. The van der Waals surface area contributed by atoms with Crippen LogP contribution in [0.4, 0.5) is 0 Å². The summed E-state index contributed by atoms with van der Waals surface area (Å²) in [5.74, 6) is -3.56. The molecular weight excluding hydrogens is 989 g/mol. The van der Waals surface area contributed by atoms with Gasteiger partial charge in [-0.1, -0.05) is 110 Å². The van der Waals surface area contributed by atoms with Gasteiger partial charge in [0.2, 0.25) is 35.4 Å². The number of nitrogens with zero attached hydrogens (tertiary/aromatic N) is 2. The molecule has 0 aromatic heterocycles. The quantitative estimate of drug-likeness (QED) is 0.0848. The molecule has 2 aliphatic carbocycles. The molecule has 0 saturated carbocycles. The number of carbonyl (C=O) groups is 8. The molecule has 0 radical (unpaired) electrons. The Hall–Kier alpha value is -6.92. The number of hydrogen-bond donors (Lipinski definition) is 8. The summed E-state index contributed by atoms with van der Waals surface area (Å²) in [5.41, 5.74) is 3.38. The van der Waals surface area contributed by atoms with Crippen LogP contribution in [0.5, 0.6) is 0 Å². The fourth-order valence-electron chi connectivity index (χ4n) is 11.3. The van der Waals surface area contributed by atoms with Gasteiger partial charge in [-0.15, -0.1) is 0 Å². The van der Waals surface area contributed by atoms with Gasteiger partial charge in [0.1, 0.15) is 24.2 Å². The summed E-state index contributed by atoms with van der Waals surface area (Å²) in [5, 5.41) is 24.2. The zero-order valence-electron chi connectivity index (χ0n) is 47.1. The lowest BCUT2D eigenvalue weighted by molar-refractivity contribution is -0.144. The molecule has 0 bridgehead atoms. The van der Waals surface area contributed by atoms with Crippen molar-refractivity contribution in [2.24, 2.45) is 10.8 Å². The monoisotopic (exact) mass is 1070 g/mol. The Balaban J connectivity index is 1.10. The molecule has 2 aliphatic heterocycles. The van der Waals surface area contributed by atoms with Crippen molar-refractivity contribution in [1.82, 2.24) is 52.3 Å². The SMILES string of the molecule is CC[C@H](NC)C(=O)N[C@H](C(=O)N1C[C@@H](NC(=O)c2cccc(C(=O)NC3=CN(C(=O)[C@@H](NC(=O)[C@H](CC)NC)C(C)(C)C)[C@H](C(=O)NC4CCCc5ccccc54)C3)c2)CC1C(=O)N[C@@H]1CCCc2ccccc21)C(C)(C)C. The van der Waals surface area contributed by atoms with Crippen LogP contribution in [-0.2, 0) is 41.6 Å². The molecule has 2 unspecified atom stereocenters. The van der Waals surface area contributed by atoms with E-state index in [0.717, 1.165) is 54.4 Å². The molecule has 1 fully saturated rings. The number of fused-ring (bicyclic) bond motifs is 2. The average molecular weight is 1070 g/mol. The molecule has 18 nitrogen and oxygen atoms in total. The summed E-state index contributed by atoms with van der Waals surface area (Å²) in [6.07, 6.45) is 7.47. The van der Waals surface area contributed by atoms with E-state index in [2.05, 4.69) is 54.7 Å². The molecule has 1 saturated heterocycles. The molecule has 9 atom stereocenters. The van der Waals surface area contributed by atoms with Crippen molar-refractivity contribution >= 4 is 47.3 Å². The van der Waals surface area contributed by atoms with Crippen molar-refractivity contribution < 1.29 is 38.4 Å². The van der Waals surface area contributed by atoms with Crippen LogP contribution in [0.15, 0.2) is 84.7 Å². The number of amides is 8. The predicted octanol–water partition coefficient (Wildman–Crippen LogP) is 5.00. The molecule has 78 heavy (non-hydrogen) atoms. The molecule has 420 valence electrons. The van der Waals surface area contributed by atoms with Crippen LogP contribution in [0.1, 0.15) is 162 Å². The third-order valence-corrected chi connectivity index (χ3v) is 15.8. The Bertz CT molecular complexity index is 2760. The number of carbonyl (C=O) groups excluding carboxylic acids is 8. The number of benzene rings is 3. The van der Waals surface area contributed by atoms with Crippen molar-refractivity contribution in [1.29, 1.82) is 0 Å². The van der Waals surface area contributed by atoms with E-state index in [4.69, 9.17) is 0 Å². The van der Waals surface area contributed by atoms with Gasteiger partial charge in [0.15, 0.2) is 0 Å². The standard InChI is InChI=1S/C60H82N10O8/c1-11-43(61-9)53(73)67-49(59(3,4)5)57(77)69-33-39(31-47(69)55(75)65-45-28-18-22-35-20-13-15-26-41(35)45)63-51(71)37-24-17-25-38(30-37)52(72)64-40-32-48(56(76)66-46-29-19-23-36-21-14-16-27-42(36)46)70(34-40)58(78)50(60(6,7)8)68-54(74)44(12-2)62-10/h13-17,20-21,24-27,30,33,40,43-50,61-62H,11-12,18-19,22-23,28-29,31-32,34H2,1-10H3,(H,63,71)(H,64,72)(H,65,75)(H,66,76)(H,67,73)(H,68,74)/t40-,43-,44-,45?,46+,47-,48?,49+,50+/m0/s1. The highest BCUT2D eigenvalue weighted by Gasteiger charge is 2.47. The maximum absolute atomic E-state index is 14.8. The summed E-state index contributed by atoms with van der Waals surface area (Å²) < 4.78 is 0. The van der Waals surface area contributed by atoms with Gasteiger partial charge in [-0.2, -0.15) is 0 Å². The molecule has 8 N–H and O–H groups in total. The molecule has 18 heteroatoms. The Kier molecular flexibility index (Phi) is 19.0. The summed E-state index contributed by atoms with van der Waals surface area (Å²) in [6.45, 7) is 14.8. The number of nitrogens with one attached hydrogen (secondary N) is 8. The van der Waals surface area contributed by atoms with E-state index in [9.17, 15) is 38.4 Å². The minimum absolute atomic E-state index is 0.0183. The molecule has 3 aromatic carbocycles. The number of aryl methyl sites for hydroxylation is 2. The number of likely N-dealkylation sites (tertiary alicyclic amines) is 1. The van der Waals surface area contributed by atoms with Crippen molar-refractivity contribution in [3.8, 4) is 0 Å². The topological polar surface area (TPSA) is 239 Å². The van der Waals surface area contributed by atoms with Crippen molar-refractivity contribution in [3.05, 3.63) is 118 Å². The van der Waals surface area contributed by atoms with Crippen LogP contribution in [-0.4, -0.2) is 120 Å². The molecular formula is C60H82N10O8. The second-order valence-electron chi connectivity index (χ2n) is 23.5. The van der Waals surface area contributed by atoms with Crippen molar-refractivity contribution in [2.45, 2.75) is 174 Å². The average Bonchev–Trinajstić information content (AvgIpc) is 4.13. The van der Waals surface area contributed by atoms with Crippen LogP contribution >= 0.6 is 0 Å². The number of rotatable bonds is 18. The Morgan fingerprint density at radius 2 is 1.09 bits per heavy atom. The van der Waals surface area contributed by atoms with Gasteiger partial charge in [-0.05, 0) is 123 Å². The first-order valence-corrected chi connectivity index (χ1v) is 27.8. The molecule has 3 aromatic rings. The largest absolute Gasteiger partial charge is 0.347 e. The van der Waals surface area contributed by atoms with Gasteiger partial charge in [0.25, 0.3) is 11.8 Å². The summed E-state index contributed by atoms with van der Waals surface area (Å²) in [7, 11) is 3.36. The smallest absolute Gasteiger partial charge is 0.255 e. The van der Waals surface area contributed by atoms with Gasteiger partial charge in [0.05, 0.1) is 24.2 Å². The molecule has 2 heterocycles. The number of likely N-dealkylation sites (N-methyl/N-ethyl adjacent to an activating group) is 2. The predicted molar refractivity (Wildman–Crippen MR) is 298 cm³/mol. The van der Waals surface area contributed by atoms with E-state index < -0.39 is 82.7 Å². The maximum Gasteiger partial charge on any atom is 0.255 e. The summed E-state index contributed by atoms with van der Waals surface area (Å²) >= 11 is 0. The van der Waals surface area contributed by atoms with E-state index in [0.29, 0.717) is 19.3 Å². The van der Waals surface area contributed by atoms with Crippen LogP contribution in [0, 0.1) is 10.8 Å². The first kappa shape index (κ1) is 58.8. The van der Waals surface area contributed by atoms with Crippen LogP contribution < -0.4 is 42.5 Å². The Morgan fingerprint density at radius 1 is 0.603 bits per heavy atom. The highest BCUT2D eigenvalue weighted by molar-refractivity contribution is 6.01. The highest BCUT2D eigenvalue weighted by Crippen LogP contribution is 2.34. The fourth-order valence-corrected chi connectivity index (χ4v) is 11.3. The number of hydrogen-bond acceptors (Lipinski definition) is 10. The van der Waals surface area contributed by atoms with E-state index in [1.54, 1.807) is 32.3 Å². The van der Waals surface area contributed by atoms with Gasteiger partial charge in [-0.25, -0.2) is 0 Å². The summed E-state index contributed by atoms with van der Waals surface area (Å²) in [4.78, 5) is 117. The van der Waals surface area contributed by atoms with Crippen LogP contribution in [0.3, 0.4) is 0 Å². The molecule has 8 amide bonds. The second-order valence-corrected chi connectivity index (χ2v) is 23.5. The minimum Gasteiger partial charge on any atom is -0.347 e. The van der Waals surface area contributed by atoms with Crippen LogP contribution in [0.2, 0.25) is 0 Å². The Morgan fingerprint density at radius 3 is 1.59 bits per heavy atom. The molecule has 4 aliphatic rings. The second kappa shape index (κ2) is 25.3. The van der Waals surface area contributed by atoms with Crippen molar-refractivity contribution in [2.75, 3.05) is 20.6 Å². The lowest BCUT2D eigenvalue weighted by Crippen LogP contribution is -2.60. The zero-order chi connectivity index (χ0) is 56.6. The Labute approximate surface area is 459 Å². The molecule has 7 rings (SSSR count). The van der Waals surface area contributed by atoms with Gasteiger partial charge in [0, 0.05) is 42.0 Å². The lowest BCUT2D eigenvalue weighted by atomic mass is 9.85. The van der Waals surface area contributed by atoms with Gasteiger partial charge in [-0.3, -0.25) is 38.4 Å². The van der Waals surface area contributed by atoms with Crippen LogP contribution in [0.25, 0.3) is 0 Å². The van der Waals surface area contributed by atoms with Gasteiger partial charge >= 0.3 is 0 Å². The summed E-state index contributed by atoms with van der Waals surface area (Å²) in [6, 6.07) is 15.7. The van der Waals surface area contributed by atoms with Gasteiger partial charge < -0.3 is 52.3 Å². The minimum atomic E-state index is -1.06. The zero-order valence-corrected chi connectivity index (χ0v) is 47.1. The van der Waals surface area contributed by atoms with E-state index >= 15 is 0 Å². The van der Waals surface area contributed by atoms with E-state index in [1.165, 1.54) is 22.1 Å². The molecule has 0 spiro atoms. The van der Waals surface area contributed by atoms with E-state index in [1.807, 2.05) is 91.8 Å². The lowest BCUT2D eigenvalue weighted by Gasteiger charge is -2.36. The maximum atomic E-state index is 14.8. The first-order chi connectivity index (χ1) is 37.1. The first-order valence-electron chi connectivity index (χ1n) is 27.8.